The number of ether oxygens (including phenoxy) is 1. The van der Waals surface area contributed by atoms with Crippen LogP contribution in [0.2, 0.25) is 0 Å². The van der Waals surface area contributed by atoms with Gasteiger partial charge in [0.05, 0.1) is 6.10 Å². The molecule has 0 amide bonds. The lowest BCUT2D eigenvalue weighted by atomic mass is 10.1. The lowest BCUT2D eigenvalue weighted by molar-refractivity contribution is 0.0173. The second kappa shape index (κ2) is 5.56. The summed E-state index contributed by atoms with van der Waals surface area (Å²) < 4.78 is 35.3. The van der Waals surface area contributed by atoms with Crippen molar-refractivity contribution in [2.45, 2.75) is 36.9 Å². The molecule has 2 unspecified atom stereocenters. The number of anilines is 1. The van der Waals surface area contributed by atoms with Gasteiger partial charge in [-0.3, -0.25) is 4.40 Å². The lowest BCUT2D eigenvalue weighted by Crippen LogP contribution is -2.41. The second-order valence-corrected chi connectivity index (χ2v) is 7.60. The van der Waals surface area contributed by atoms with Crippen LogP contribution in [0.15, 0.2) is 16.6 Å². The molecular weight excluding hydrogens is 312 g/mol. The van der Waals surface area contributed by atoms with Crippen LogP contribution >= 0.6 is 11.3 Å². The van der Waals surface area contributed by atoms with Gasteiger partial charge in [-0.05, 0) is 19.8 Å². The van der Waals surface area contributed by atoms with E-state index in [1.807, 2.05) is 12.3 Å². The standard InChI is InChI=1S/C12H18N4O3S2/c1-8-7-9(3-5-19-8)15-21(17,18)11-10(13-2)14-12-16(11)4-6-20-12/h4,6,8-9,13,15H,3,5,7H2,1-2H3. The van der Waals surface area contributed by atoms with Crippen LogP contribution < -0.4 is 10.0 Å². The van der Waals surface area contributed by atoms with Gasteiger partial charge in [0, 0.05) is 31.3 Å². The smallest absolute Gasteiger partial charge is 0.260 e. The van der Waals surface area contributed by atoms with Gasteiger partial charge in [-0.2, -0.15) is 0 Å². The molecule has 0 spiro atoms. The fraction of sp³-hybridized carbons (Fsp3) is 0.583. The minimum absolute atomic E-state index is 0.0711. The van der Waals surface area contributed by atoms with Crippen molar-refractivity contribution in [2.24, 2.45) is 0 Å². The van der Waals surface area contributed by atoms with Crippen molar-refractivity contribution in [3.05, 3.63) is 11.6 Å². The van der Waals surface area contributed by atoms with Crippen molar-refractivity contribution in [1.29, 1.82) is 0 Å². The molecule has 1 aliphatic rings. The molecule has 116 valence electrons. The van der Waals surface area contributed by atoms with E-state index in [0.717, 1.165) is 0 Å². The Hall–Kier alpha value is -1.16. The van der Waals surface area contributed by atoms with Crippen molar-refractivity contribution in [2.75, 3.05) is 19.0 Å². The maximum Gasteiger partial charge on any atom is 0.260 e. The van der Waals surface area contributed by atoms with Gasteiger partial charge < -0.3 is 10.1 Å². The Balaban J connectivity index is 1.94. The summed E-state index contributed by atoms with van der Waals surface area (Å²) in [5.74, 6) is 0.370. The van der Waals surface area contributed by atoms with Crippen molar-refractivity contribution in [3.63, 3.8) is 0 Å². The first-order valence-electron chi connectivity index (χ1n) is 6.78. The fourth-order valence-electron chi connectivity index (χ4n) is 2.56. The van der Waals surface area contributed by atoms with Gasteiger partial charge in [0.2, 0.25) is 0 Å². The molecule has 0 radical (unpaired) electrons. The first-order chi connectivity index (χ1) is 10.0. The summed E-state index contributed by atoms with van der Waals surface area (Å²) >= 11 is 1.40. The number of nitrogens with one attached hydrogen (secondary N) is 2. The minimum Gasteiger partial charge on any atom is -0.378 e. The first-order valence-corrected chi connectivity index (χ1v) is 9.15. The highest BCUT2D eigenvalue weighted by molar-refractivity contribution is 7.89. The van der Waals surface area contributed by atoms with Crippen LogP contribution in [-0.4, -0.2) is 43.6 Å². The van der Waals surface area contributed by atoms with Crippen LogP contribution in [-0.2, 0) is 14.8 Å². The van der Waals surface area contributed by atoms with E-state index in [1.165, 1.54) is 11.3 Å². The van der Waals surface area contributed by atoms with Gasteiger partial charge >= 0.3 is 0 Å². The summed E-state index contributed by atoms with van der Waals surface area (Å²) in [7, 11) is -1.97. The van der Waals surface area contributed by atoms with Crippen LogP contribution in [0.1, 0.15) is 19.8 Å². The number of fused-ring (bicyclic) bond motifs is 1. The molecule has 9 heteroatoms. The highest BCUT2D eigenvalue weighted by Crippen LogP contribution is 2.26. The number of rotatable bonds is 4. The summed E-state index contributed by atoms with van der Waals surface area (Å²) in [5.41, 5.74) is 0. The number of hydrogen-bond acceptors (Lipinski definition) is 6. The topological polar surface area (TPSA) is 84.7 Å². The van der Waals surface area contributed by atoms with Crippen LogP contribution in [0.4, 0.5) is 5.82 Å². The second-order valence-electron chi connectivity index (χ2n) is 5.10. The van der Waals surface area contributed by atoms with E-state index in [-0.39, 0.29) is 17.2 Å². The SMILES string of the molecule is CNc1nc2sccn2c1S(=O)(=O)NC1CCOC(C)C1. The number of imidazole rings is 1. The lowest BCUT2D eigenvalue weighted by Gasteiger charge is -2.27. The largest absolute Gasteiger partial charge is 0.378 e. The van der Waals surface area contributed by atoms with E-state index >= 15 is 0 Å². The van der Waals surface area contributed by atoms with Gasteiger partial charge in [0.15, 0.2) is 15.8 Å². The Labute approximate surface area is 127 Å². The molecule has 2 aromatic rings. The van der Waals surface area contributed by atoms with E-state index in [2.05, 4.69) is 15.0 Å². The van der Waals surface area contributed by atoms with Gasteiger partial charge in [0.1, 0.15) is 0 Å². The van der Waals surface area contributed by atoms with Crippen molar-refractivity contribution >= 4 is 32.1 Å². The molecule has 21 heavy (non-hydrogen) atoms. The predicted octanol–water partition coefficient (Wildman–Crippen LogP) is 1.28. The zero-order valence-corrected chi connectivity index (χ0v) is 13.5. The molecule has 2 N–H and O–H groups in total. The number of nitrogens with zero attached hydrogens (tertiary/aromatic N) is 2. The van der Waals surface area contributed by atoms with E-state index in [9.17, 15) is 8.42 Å². The Kier molecular flexibility index (Phi) is 3.91. The van der Waals surface area contributed by atoms with E-state index in [4.69, 9.17) is 4.74 Å². The summed E-state index contributed by atoms with van der Waals surface area (Å²) in [6, 6.07) is -0.104. The van der Waals surface area contributed by atoms with E-state index in [1.54, 1.807) is 17.6 Å². The molecule has 3 heterocycles. The quantitative estimate of drug-likeness (QED) is 0.882. The zero-order valence-electron chi connectivity index (χ0n) is 11.9. The molecule has 0 saturated carbocycles. The number of thiazole rings is 1. The van der Waals surface area contributed by atoms with Gasteiger partial charge in [-0.25, -0.2) is 18.1 Å². The number of hydrogen-bond donors (Lipinski definition) is 2. The zero-order chi connectivity index (χ0) is 15.0. The fourth-order valence-corrected chi connectivity index (χ4v) is 4.91. The molecule has 2 aromatic heterocycles. The summed E-state index contributed by atoms with van der Waals surface area (Å²) in [4.78, 5) is 4.94. The molecule has 1 saturated heterocycles. The molecule has 7 nitrogen and oxygen atoms in total. The summed E-state index contributed by atoms with van der Waals surface area (Å²) in [5, 5.41) is 4.84. The van der Waals surface area contributed by atoms with Crippen LogP contribution in [0, 0.1) is 0 Å². The molecule has 0 aliphatic carbocycles. The predicted molar refractivity (Wildman–Crippen MR) is 81.4 cm³/mol. The number of sulfonamides is 1. The van der Waals surface area contributed by atoms with E-state index < -0.39 is 10.0 Å². The maximum atomic E-state index is 12.7. The summed E-state index contributed by atoms with van der Waals surface area (Å²) in [6.45, 7) is 2.53. The Morgan fingerprint density at radius 2 is 2.33 bits per heavy atom. The van der Waals surface area contributed by atoms with Gasteiger partial charge in [0.25, 0.3) is 10.0 Å². The molecular formula is C12H18N4O3S2. The van der Waals surface area contributed by atoms with Gasteiger partial charge in [-0.15, -0.1) is 11.3 Å². The van der Waals surface area contributed by atoms with Crippen molar-refractivity contribution < 1.29 is 13.2 Å². The molecule has 0 aromatic carbocycles. The third-order valence-electron chi connectivity index (χ3n) is 3.52. The van der Waals surface area contributed by atoms with Crippen LogP contribution in [0.25, 0.3) is 4.96 Å². The highest BCUT2D eigenvalue weighted by Gasteiger charge is 2.30. The Morgan fingerprint density at radius 1 is 1.52 bits per heavy atom. The molecule has 3 rings (SSSR count). The maximum absolute atomic E-state index is 12.7. The third-order valence-corrected chi connectivity index (χ3v) is 5.82. The number of aromatic nitrogens is 2. The van der Waals surface area contributed by atoms with Crippen molar-refractivity contribution in [3.8, 4) is 0 Å². The third kappa shape index (κ3) is 2.78. The first kappa shape index (κ1) is 14.8. The van der Waals surface area contributed by atoms with Gasteiger partial charge in [-0.1, -0.05) is 0 Å². The molecule has 2 atom stereocenters. The normalized spacial score (nSPS) is 23.5. The van der Waals surface area contributed by atoms with Crippen LogP contribution in [0.5, 0.6) is 0 Å². The average molecular weight is 330 g/mol. The van der Waals surface area contributed by atoms with Crippen molar-refractivity contribution in [1.82, 2.24) is 14.1 Å². The van der Waals surface area contributed by atoms with Crippen LogP contribution in [0.3, 0.4) is 0 Å². The average Bonchev–Trinajstić information content (AvgIpc) is 2.96. The minimum atomic E-state index is -3.64. The molecule has 0 bridgehead atoms. The Bertz CT molecular complexity index is 737. The summed E-state index contributed by atoms with van der Waals surface area (Å²) in [6.07, 6.45) is 3.15. The van der Waals surface area contributed by atoms with E-state index in [0.29, 0.717) is 30.2 Å². The molecule has 1 fully saturated rings. The Morgan fingerprint density at radius 3 is 3.05 bits per heavy atom. The molecule has 1 aliphatic heterocycles. The highest BCUT2D eigenvalue weighted by atomic mass is 32.2. The monoisotopic (exact) mass is 330 g/mol.